The maximum atomic E-state index is 5.84. The van der Waals surface area contributed by atoms with E-state index in [0.717, 1.165) is 30.5 Å². The number of anilines is 4. The molecule has 268 valence electrons. The number of nitrogens with zero attached hydrogens (tertiary/aromatic N) is 5. The number of hydrogen-bond acceptors (Lipinski definition) is 4. The first-order chi connectivity index (χ1) is 22.7. The van der Waals surface area contributed by atoms with E-state index in [9.17, 15) is 0 Å². The summed E-state index contributed by atoms with van der Waals surface area (Å²) in [6.45, 7) is 8.14. The van der Waals surface area contributed by atoms with E-state index in [0.29, 0.717) is 6.04 Å². The van der Waals surface area contributed by atoms with Crippen LogP contribution in [0.1, 0.15) is 103 Å². The molecule has 1 aromatic heterocycles. The average molecular weight is 727 g/mol. The van der Waals surface area contributed by atoms with E-state index >= 15 is 0 Å². The molecule has 48 heavy (non-hydrogen) atoms. The van der Waals surface area contributed by atoms with Crippen molar-refractivity contribution in [2.24, 2.45) is 7.05 Å². The Morgan fingerprint density at radius 1 is 0.688 bits per heavy atom. The number of quaternary nitrogens is 1. The third kappa shape index (κ3) is 13.0. The van der Waals surface area contributed by atoms with Crippen LogP contribution in [0.15, 0.2) is 67.3 Å². The second-order valence-corrected chi connectivity index (χ2v) is 14.9. The van der Waals surface area contributed by atoms with Gasteiger partial charge in [0.05, 0.1) is 40.8 Å². The van der Waals surface area contributed by atoms with Gasteiger partial charge in [0, 0.05) is 48.7 Å². The first-order valence-corrected chi connectivity index (χ1v) is 18.8. The van der Waals surface area contributed by atoms with Crippen LogP contribution >= 0.6 is 17.0 Å². The maximum absolute atomic E-state index is 5.84. The Hall–Kier alpha value is -2.71. The van der Waals surface area contributed by atoms with Gasteiger partial charge in [-0.25, -0.2) is 9.13 Å². The van der Waals surface area contributed by atoms with Crippen LogP contribution in [-0.4, -0.2) is 61.9 Å². The lowest BCUT2D eigenvalue weighted by molar-refractivity contribution is -0.912. The topological polar surface area (TPSA) is 67.3 Å². The van der Waals surface area contributed by atoms with Crippen LogP contribution in [0.4, 0.5) is 22.7 Å². The fraction of sp³-hybridized carbons (Fsp3) is 0.625. The molecule has 2 fully saturated rings. The van der Waals surface area contributed by atoms with Crippen molar-refractivity contribution in [3.8, 4) is 0 Å². The van der Waals surface area contributed by atoms with Gasteiger partial charge in [-0.05, 0) is 61.4 Å². The lowest BCUT2D eigenvalue weighted by atomic mass is 10.0. The molecule has 0 radical (unpaired) electrons. The molecular formula is C40H68BrN7+2. The van der Waals surface area contributed by atoms with E-state index in [4.69, 9.17) is 11.5 Å². The van der Waals surface area contributed by atoms with E-state index in [-0.39, 0.29) is 17.0 Å². The molecular weight excluding hydrogens is 658 g/mol. The Labute approximate surface area is 303 Å². The van der Waals surface area contributed by atoms with Crippen LogP contribution in [0.25, 0.3) is 0 Å². The van der Waals surface area contributed by atoms with Gasteiger partial charge in [0.15, 0.2) is 0 Å². The standard InChI is InChI=1S/C26H48N3.C14H19N4.BrH/c1-4-5-6-7-8-9-10-11-12-13-14-15-22-29(2,3)26-20-21-28(23-26)25-18-16-24(27)17-19-25;1-16-8-9-18(11-16)14-6-7-17(10-14)13-4-2-12(15)3-5-13;/h16-19,26H,4-15,20-23,27H2,1-3H3;2-5,8-9,11,14H,6-7,10,15H2,1H3;1H/q2*+1;. The maximum Gasteiger partial charge on any atom is 0.243 e. The predicted octanol–water partition coefficient (Wildman–Crippen LogP) is 8.55. The van der Waals surface area contributed by atoms with Crippen molar-refractivity contribution >= 4 is 39.7 Å². The highest BCUT2D eigenvalue weighted by Gasteiger charge is 2.34. The van der Waals surface area contributed by atoms with E-state index < -0.39 is 0 Å². The van der Waals surface area contributed by atoms with E-state index in [1.54, 1.807) is 0 Å². The molecule has 2 aromatic carbocycles. The van der Waals surface area contributed by atoms with Crippen molar-refractivity contribution in [3.05, 3.63) is 67.3 Å². The third-order valence-corrected chi connectivity index (χ3v) is 10.6. The number of nitrogens with two attached hydrogens (primary N) is 2. The van der Waals surface area contributed by atoms with Crippen LogP contribution in [0.5, 0.6) is 0 Å². The van der Waals surface area contributed by atoms with Crippen molar-refractivity contribution in [1.82, 2.24) is 4.57 Å². The number of aryl methyl sites for hydroxylation is 1. The summed E-state index contributed by atoms with van der Waals surface area (Å²) in [5.41, 5.74) is 15.8. The van der Waals surface area contributed by atoms with Gasteiger partial charge >= 0.3 is 0 Å². The minimum atomic E-state index is 0. The van der Waals surface area contributed by atoms with Crippen molar-refractivity contribution in [3.63, 3.8) is 0 Å². The molecule has 4 N–H and O–H groups in total. The summed E-state index contributed by atoms with van der Waals surface area (Å²) in [5, 5.41) is 0. The first kappa shape index (κ1) is 39.7. The second kappa shape index (κ2) is 20.7. The monoisotopic (exact) mass is 725 g/mol. The largest absolute Gasteiger partial charge is 0.399 e. The number of nitrogen functional groups attached to an aromatic ring is 2. The van der Waals surface area contributed by atoms with Gasteiger partial charge < -0.3 is 25.8 Å². The smallest absolute Gasteiger partial charge is 0.243 e. The van der Waals surface area contributed by atoms with E-state index in [1.165, 1.54) is 125 Å². The molecule has 0 amide bonds. The Kier molecular flexibility index (Phi) is 17.1. The highest BCUT2D eigenvalue weighted by molar-refractivity contribution is 8.93. The molecule has 3 aromatic rings. The molecule has 0 aliphatic carbocycles. The van der Waals surface area contributed by atoms with Crippen LogP contribution in [0.2, 0.25) is 0 Å². The molecule has 2 aliphatic heterocycles. The number of imidazole rings is 1. The number of hydrogen-bond donors (Lipinski definition) is 2. The fourth-order valence-electron chi connectivity index (χ4n) is 7.37. The number of benzene rings is 2. The zero-order valence-corrected chi connectivity index (χ0v) is 32.5. The van der Waals surface area contributed by atoms with Crippen LogP contribution < -0.4 is 25.8 Å². The average Bonchev–Trinajstić information content (AvgIpc) is 3.85. The number of unbranched alkanes of at least 4 members (excludes halogenated alkanes) is 11. The predicted molar refractivity (Wildman–Crippen MR) is 212 cm³/mol. The van der Waals surface area contributed by atoms with Crippen molar-refractivity contribution in [2.75, 3.05) is 68.1 Å². The van der Waals surface area contributed by atoms with Gasteiger partial charge in [-0.1, -0.05) is 71.1 Å². The number of halogens is 1. The van der Waals surface area contributed by atoms with E-state index in [2.05, 4.69) is 90.0 Å². The molecule has 2 aliphatic rings. The van der Waals surface area contributed by atoms with Gasteiger partial charge in [-0.15, -0.1) is 17.0 Å². The van der Waals surface area contributed by atoms with Crippen LogP contribution in [-0.2, 0) is 7.05 Å². The molecule has 0 saturated carbocycles. The summed E-state index contributed by atoms with van der Waals surface area (Å²) in [6, 6.07) is 17.9. The molecule has 7 nitrogen and oxygen atoms in total. The Morgan fingerprint density at radius 3 is 1.67 bits per heavy atom. The van der Waals surface area contributed by atoms with Crippen molar-refractivity contribution in [1.29, 1.82) is 0 Å². The summed E-state index contributed by atoms with van der Waals surface area (Å²) in [7, 11) is 6.94. The van der Waals surface area contributed by atoms with Gasteiger partial charge in [0.2, 0.25) is 6.33 Å². The molecule has 3 heterocycles. The first-order valence-electron chi connectivity index (χ1n) is 18.8. The molecule has 2 saturated heterocycles. The molecule has 2 atom stereocenters. The van der Waals surface area contributed by atoms with Crippen molar-refractivity contribution < 1.29 is 9.05 Å². The minimum Gasteiger partial charge on any atom is -0.399 e. The zero-order chi connectivity index (χ0) is 33.5. The third-order valence-electron chi connectivity index (χ3n) is 10.6. The molecule has 5 rings (SSSR count). The Bertz CT molecular complexity index is 1270. The summed E-state index contributed by atoms with van der Waals surface area (Å²) in [6.07, 6.45) is 26.0. The second-order valence-electron chi connectivity index (χ2n) is 14.9. The van der Waals surface area contributed by atoms with Gasteiger partial charge in [0.25, 0.3) is 0 Å². The lowest BCUT2D eigenvalue weighted by Crippen LogP contribution is -2.50. The lowest BCUT2D eigenvalue weighted by Gasteiger charge is -2.36. The number of rotatable bonds is 17. The highest BCUT2D eigenvalue weighted by atomic mass is 79.9. The number of aromatic nitrogens is 2. The molecule has 0 bridgehead atoms. The fourth-order valence-corrected chi connectivity index (χ4v) is 7.37. The van der Waals surface area contributed by atoms with Gasteiger partial charge in [-0.2, -0.15) is 0 Å². The SMILES string of the molecule is Br.CCCCCCCCCCCCCC[N+](C)(C)C1CCN(c2ccc(N)cc2)C1.C[n+]1ccn(C2CCN(c3ccc(N)cc3)C2)c1. The summed E-state index contributed by atoms with van der Waals surface area (Å²) >= 11 is 0. The van der Waals surface area contributed by atoms with Crippen molar-refractivity contribution in [2.45, 2.75) is 109 Å². The van der Waals surface area contributed by atoms with Crippen LogP contribution in [0.3, 0.4) is 0 Å². The van der Waals surface area contributed by atoms with E-state index in [1.807, 2.05) is 24.3 Å². The number of likely N-dealkylation sites (N-methyl/N-ethyl adjacent to an activating group) is 1. The summed E-state index contributed by atoms with van der Waals surface area (Å²) in [4.78, 5) is 4.95. The molecule has 2 unspecified atom stereocenters. The normalized spacial score (nSPS) is 17.7. The van der Waals surface area contributed by atoms with Crippen LogP contribution in [0, 0.1) is 0 Å². The minimum absolute atomic E-state index is 0. The quantitative estimate of drug-likeness (QED) is 0.0634. The Balaban J connectivity index is 0.000000281. The molecule has 8 heteroatoms. The summed E-state index contributed by atoms with van der Waals surface area (Å²) < 4.78 is 5.56. The van der Waals surface area contributed by atoms with Gasteiger partial charge in [0.1, 0.15) is 24.5 Å². The van der Waals surface area contributed by atoms with Gasteiger partial charge in [-0.3, -0.25) is 0 Å². The highest BCUT2D eigenvalue weighted by Crippen LogP contribution is 2.28. The Morgan fingerprint density at radius 2 is 1.17 bits per heavy atom. The summed E-state index contributed by atoms with van der Waals surface area (Å²) in [5.74, 6) is 0. The molecule has 0 spiro atoms. The zero-order valence-electron chi connectivity index (χ0n) is 30.7.